The number of amides is 1. The first-order valence-electron chi connectivity index (χ1n) is 9.61. The number of thioether (sulfide) groups is 1. The summed E-state index contributed by atoms with van der Waals surface area (Å²) in [7, 11) is 0. The fourth-order valence-corrected chi connectivity index (χ4v) is 3.90. The zero-order valence-electron chi connectivity index (χ0n) is 17.4. The fraction of sp³-hybridized carbons (Fsp3) is 0.318. The van der Waals surface area contributed by atoms with Crippen LogP contribution < -0.4 is 5.32 Å². The molecule has 1 N–H and O–H groups in total. The second-order valence-electron chi connectivity index (χ2n) is 7.84. The van der Waals surface area contributed by atoms with E-state index in [4.69, 9.17) is 11.6 Å². The van der Waals surface area contributed by atoms with Crippen LogP contribution in [-0.2, 0) is 16.8 Å². The van der Waals surface area contributed by atoms with E-state index in [0.29, 0.717) is 17.4 Å². The van der Waals surface area contributed by atoms with Crippen LogP contribution in [0.2, 0.25) is 5.02 Å². The Morgan fingerprint density at radius 1 is 1.17 bits per heavy atom. The highest BCUT2D eigenvalue weighted by Crippen LogP contribution is 2.28. The molecule has 0 unspecified atom stereocenters. The summed E-state index contributed by atoms with van der Waals surface area (Å²) in [4.78, 5) is 12.3. The van der Waals surface area contributed by atoms with Crippen LogP contribution in [-0.4, -0.2) is 26.4 Å². The van der Waals surface area contributed by atoms with Gasteiger partial charge in [0.15, 0.2) is 11.0 Å². The van der Waals surface area contributed by atoms with Crippen LogP contribution in [0.15, 0.2) is 47.6 Å². The Morgan fingerprint density at radius 3 is 2.47 bits per heavy atom. The molecule has 0 radical (unpaired) electrons. The summed E-state index contributed by atoms with van der Waals surface area (Å²) < 4.78 is 15.2. The molecule has 0 bridgehead atoms. The Kier molecular flexibility index (Phi) is 6.83. The van der Waals surface area contributed by atoms with Gasteiger partial charge in [-0.05, 0) is 36.1 Å². The molecule has 5 nitrogen and oxygen atoms in total. The molecule has 0 saturated heterocycles. The molecule has 0 aliphatic rings. The number of nitrogens with one attached hydrogen (secondary N) is 1. The second-order valence-corrected chi connectivity index (χ2v) is 9.19. The maximum atomic E-state index is 13.2. The smallest absolute Gasteiger partial charge is 0.234 e. The predicted molar refractivity (Wildman–Crippen MR) is 121 cm³/mol. The summed E-state index contributed by atoms with van der Waals surface area (Å²) in [5.74, 6) is 0.162. The van der Waals surface area contributed by atoms with Crippen molar-refractivity contribution in [1.82, 2.24) is 14.8 Å². The molecular formula is C22H24ClFN4OS. The topological polar surface area (TPSA) is 59.8 Å². The first kappa shape index (κ1) is 22.3. The Labute approximate surface area is 185 Å². The molecule has 3 rings (SSSR count). The molecule has 0 aliphatic heterocycles. The van der Waals surface area contributed by atoms with E-state index < -0.39 is 5.82 Å². The van der Waals surface area contributed by atoms with Crippen molar-refractivity contribution in [2.45, 2.75) is 44.8 Å². The minimum atomic E-state index is -0.525. The van der Waals surface area contributed by atoms with E-state index in [1.807, 2.05) is 11.5 Å². The van der Waals surface area contributed by atoms with Gasteiger partial charge in [0.1, 0.15) is 5.82 Å². The number of rotatable bonds is 6. The van der Waals surface area contributed by atoms with Crippen LogP contribution in [0.25, 0.3) is 11.4 Å². The Hall–Kier alpha value is -2.38. The van der Waals surface area contributed by atoms with Crippen LogP contribution in [0.5, 0.6) is 0 Å². The highest BCUT2D eigenvalue weighted by molar-refractivity contribution is 7.99. The van der Waals surface area contributed by atoms with Gasteiger partial charge < -0.3 is 9.88 Å². The number of aromatic nitrogens is 3. The van der Waals surface area contributed by atoms with Crippen molar-refractivity contribution >= 4 is 35.0 Å². The molecule has 158 valence electrons. The Balaban J connectivity index is 1.69. The van der Waals surface area contributed by atoms with E-state index in [1.165, 1.54) is 35.5 Å². The number of nitrogens with zero attached hydrogens (tertiary/aromatic N) is 3. The van der Waals surface area contributed by atoms with E-state index >= 15 is 0 Å². The number of halogens is 2. The van der Waals surface area contributed by atoms with E-state index in [0.717, 1.165) is 11.4 Å². The molecule has 0 aliphatic carbocycles. The highest BCUT2D eigenvalue weighted by Gasteiger charge is 2.17. The third kappa shape index (κ3) is 5.21. The average Bonchev–Trinajstić information content (AvgIpc) is 3.11. The molecule has 1 amide bonds. The maximum absolute atomic E-state index is 13.2. The lowest BCUT2D eigenvalue weighted by Gasteiger charge is -2.19. The summed E-state index contributed by atoms with van der Waals surface area (Å²) in [5.41, 5.74) is 2.76. The summed E-state index contributed by atoms with van der Waals surface area (Å²) in [6.45, 7) is 9.23. The van der Waals surface area contributed by atoms with Gasteiger partial charge in [-0.2, -0.15) is 0 Å². The van der Waals surface area contributed by atoms with Crippen molar-refractivity contribution in [2.24, 2.45) is 0 Å². The first-order chi connectivity index (χ1) is 14.2. The largest absolute Gasteiger partial charge is 0.325 e. The van der Waals surface area contributed by atoms with Gasteiger partial charge in [-0.1, -0.05) is 68.4 Å². The minimum Gasteiger partial charge on any atom is -0.325 e. The number of carbonyl (C=O) groups excluding carboxylic acids is 1. The minimum absolute atomic E-state index is 0.0340. The van der Waals surface area contributed by atoms with Crippen molar-refractivity contribution in [3.8, 4) is 11.4 Å². The van der Waals surface area contributed by atoms with Crippen molar-refractivity contribution in [2.75, 3.05) is 11.1 Å². The number of anilines is 1. The quantitative estimate of drug-likeness (QED) is 0.487. The summed E-state index contributed by atoms with van der Waals surface area (Å²) in [6, 6.07) is 12.4. The third-order valence-electron chi connectivity index (χ3n) is 4.58. The van der Waals surface area contributed by atoms with Crippen molar-refractivity contribution < 1.29 is 9.18 Å². The second kappa shape index (κ2) is 9.18. The van der Waals surface area contributed by atoms with Crippen LogP contribution >= 0.6 is 23.4 Å². The van der Waals surface area contributed by atoms with Crippen LogP contribution in [0.3, 0.4) is 0 Å². The van der Waals surface area contributed by atoms with Crippen LogP contribution in [0.4, 0.5) is 10.1 Å². The number of benzene rings is 2. The molecule has 30 heavy (non-hydrogen) atoms. The molecule has 0 spiro atoms. The Morgan fingerprint density at radius 2 is 1.87 bits per heavy atom. The number of hydrogen-bond acceptors (Lipinski definition) is 4. The van der Waals surface area contributed by atoms with Gasteiger partial charge in [0.05, 0.1) is 10.8 Å². The molecule has 0 saturated carbocycles. The van der Waals surface area contributed by atoms with Crippen molar-refractivity contribution in [3.63, 3.8) is 0 Å². The first-order valence-corrected chi connectivity index (χ1v) is 11.0. The van der Waals surface area contributed by atoms with E-state index in [9.17, 15) is 9.18 Å². The lowest BCUT2D eigenvalue weighted by molar-refractivity contribution is -0.113. The summed E-state index contributed by atoms with van der Waals surface area (Å²) in [5, 5.41) is 11.9. The van der Waals surface area contributed by atoms with Gasteiger partial charge in [0.2, 0.25) is 5.91 Å². The maximum Gasteiger partial charge on any atom is 0.234 e. The van der Waals surface area contributed by atoms with Gasteiger partial charge in [-0.3, -0.25) is 4.79 Å². The third-order valence-corrected chi connectivity index (χ3v) is 5.83. The van der Waals surface area contributed by atoms with E-state index in [2.05, 4.69) is 60.6 Å². The Bertz CT molecular complexity index is 1040. The fourth-order valence-electron chi connectivity index (χ4n) is 2.91. The summed E-state index contributed by atoms with van der Waals surface area (Å²) >= 11 is 7.05. The average molecular weight is 447 g/mol. The molecule has 8 heteroatoms. The van der Waals surface area contributed by atoms with Crippen LogP contribution in [0, 0.1) is 5.82 Å². The SMILES string of the molecule is CCn1c(SCC(=O)Nc2ccc(F)c(Cl)c2)nnc1-c1ccc(C(C)(C)C)cc1. The number of hydrogen-bond donors (Lipinski definition) is 1. The molecule has 2 aromatic carbocycles. The zero-order chi connectivity index (χ0) is 21.9. The summed E-state index contributed by atoms with van der Waals surface area (Å²) in [6.07, 6.45) is 0. The molecule has 1 aromatic heterocycles. The predicted octanol–water partition coefficient (Wildman–Crippen LogP) is 5.79. The standard InChI is InChI=1S/C22H24ClFN4OS/c1-5-28-20(14-6-8-15(9-7-14)22(2,3)4)26-27-21(28)30-13-19(29)25-16-10-11-18(24)17(23)12-16/h6-12H,5,13H2,1-4H3,(H,25,29). The molecule has 0 fully saturated rings. The van der Waals surface area contributed by atoms with Crippen molar-refractivity contribution in [3.05, 3.63) is 58.9 Å². The molecule has 1 heterocycles. The van der Waals surface area contributed by atoms with Gasteiger partial charge in [0, 0.05) is 17.8 Å². The number of carbonyl (C=O) groups is 1. The molecule has 3 aromatic rings. The van der Waals surface area contributed by atoms with Gasteiger partial charge in [-0.15, -0.1) is 10.2 Å². The van der Waals surface area contributed by atoms with Gasteiger partial charge >= 0.3 is 0 Å². The van der Waals surface area contributed by atoms with Gasteiger partial charge in [0.25, 0.3) is 0 Å². The monoisotopic (exact) mass is 446 g/mol. The molecule has 0 atom stereocenters. The molecular weight excluding hydrogens is 423 g/mol. The van der Waals surface area contributed by atoms with E-state index in [-0.39, 0.29) is 22.1 Å². The van der Waals surface area contributed by atoms with Crippen molar-refractivity contribution in [1.29, 1.82) is 0 Å². The normalized spacial score (nSPS) is 11.5. The zero-order valence-corrected chi connectivity index (χ0v) is 18.9. The van der Waals surface area contributed by atoms with Crippen LogP contribution in [0.1, 0.15) is 33.3 Å². The van der Waals surface area contributed by atoms with Gasteiger partial charge in [-0.25, -0.2) is 4.39 Å². The lowest BCUT2D eigenvalue weighted by Crippen LogP contribution is -2.14. The highest BCUT2D eigenvalue weighted by atomic mass is 35.5. The van der Waals surface area contributed by atoms with E-state index in [1.54, 1.807) is 0 Å². The lowest BCUT2D eigenvalue weighted by atomic mass is 9.87.